The standard InChI is InChI=1S/C30H37F5N4O3/c31-29(32)15-18(29)3-2-14-38(20-8-6-19(7-9-20)36-17-28(12-13-28)30(33,34)35)23-5-1-4-21-22(23)16-39(27(21)42)24-10-11-25(40)37-26(24)41/h1,4-5,18-20,24,36H,2-3,6-17H2,(H,37,40,41). The fourth-order valence-electron chi connectivity index (χ4n) is 7.07. The van der Waals surface area contributed by atoms with Crippen molar-refractivity contribution in [2.75, 3.05) is 18.0 Å². The molecule has 1 aromatic carbocycles. The lowest BCUT2D eigenvalue weighted by molar-refractivity contribution is -0.186. The molecule has 12 heteroatoms. The Kier molecular flexibility index (Phi) is 7.50. The molecule has 1 saturated heterocycles. The number of imide groups is 1. The number of rotatable bonds is 10. The minimum Gasteiger partial charge on any atom is -0.368 e. The van der Waals surface area contributed by atoms with Crippen LogP contribution in [0.5, 0.6) is 0 Å². The lowest BCUT2D eigenvalue weighted by atomic mass is 9.88. The van der Waals surface area contributed by atoms with E-state index in [1.165, 1.54) is 4.90 Å². The van der Waals surface area contributed by atoms with Crippen molar-refractivity contribution in [3.8, 4) is 0 Å². The van der Waals surface area contributed by atoms with Crippen molar-refractivity contribution >= 4 is 23.4 Å². The van der Waals surface area contributed by atoms with Crippen LogP contribution in [0.3, 0.4) is 0 Å². The van der Waals surface area contributed by atoms with Crippen molar-refractivity contribution in [3.63, 3.8) is 0 Å². The highest BCUT2D eigenvalue weighted by Gasteiger charge is 2.62. The van der Waals surface area contributed by atoms with Gasteiger partial charge in [0.2, 0.25) is 11.8 Å². The summed E-state index contributed by atoms with van der Waals surface area (Å²) in [7, 11) is 0. The molecule has 3 aliphatic carbocycles. The van der Waals surface area contributed by atoms with Crippen LogP contribution in [0.2, 0.25) is 0 Å². The molecule has 2 unspecified atom stereocenters. The topological polar surface area (TPSA) is 81.8 Å². The van der Waals surface area contributed by atoms with Crippen molar-refractivity contribution in [3.05, 3.63) is 29.3 Å². The molecule has 2 aliphatic heterocycles. The van der Waals surface area contributed by atoms with Gasteiger partial charge in [-0.05, 0) is 69.9 Å². The second-order valence-electron chi connectivity index (χ2n) is 12.9. The zero-order valence-electron chi connectivity index (χ0n) is 23.4. The lowest BCUT2D eigenvalue weighted by Gasteiger charge is -2.40. The van der Waals surface area contributed by atoms with Crippen LogP contribution >= 0.6 is 0 Å². The van der Waals surface area contributed by atoms with Crippen LogP contribution in [-0.2, 0) is 16.1 Å². The summed E-state index contributed by atoms with van der Waals surface area (Å²) in [6.45, 7) is 0.676. The number of hydrogen-bond acceptors (Lipinski definition) is 5. The number of fused-ring (bicyclic) bond motifs is 1. The summed E-state index contributed by atoms with van der Waals surface area (Å²) in [5.74, 6) is -4.31. The molecule has 6 rings (SSSR count). The molecule has 0 bridgehead atoms. The predicted octanol–water partition coefficient (Wildman–Crippen LogP) is 4.93. The summed E-state index contributed by atoms with van der Waals surface area (Å²) < 4.78 is 67.4. The number of carbonyl (C=O) groups excluding carboxylic acids is 3. The number of anilines is 1. The first kappa shape index (κ1) is 29.3. The fraction of sp³-hybridized carbons (Fsp3) is 0.700. The molecule has 230 valence electrons. The first-order valence-corrected chi connectivity index (χ1v) is 15.1. The molecule has 7 nitrogen and oxygen atoms in total. The number of carbonyl (C=O) groups is 3. The first-order valence-electron chi connectivity index (χ1n) is 15.1. The number of nitrogens with one attached hydrogen (secondary N) is 2. The minimum atomic E-state index is -4.20. The largest absolute Gasteiger partial charge is 0.395 e. The second-order valence-corrected chi connectivity index (χ2v) is 12.9. The Morgan fingerprint density at radius 3 is 2.38 bits per heavy atom. The summed E-state index contributed by atoms with van der Waals surface area (Å²) in [6.07, 6.45) is 0.276. The molecule has 4 fully saturated rings. The third kappa shape index (κ3) is 5.63. The highest BCUT2D eigenvalue weighted by molar-refractivity contribution is 6.06. The van der Waals surface area contributed by atoms with E-state index in [1.54, 1.807) is 12.1 Å². The van der Waals surface area contributed by atoms with Crippen molar-refractivity contribution in [1.29, 1.82) is 0 Å². The molecule has 1 aromatic rings. The van der Waals surface area contributed by atoms with Crippen LogP contribution in [0, 0.1) is 11.3 Å². The van der Waals surface area contributed by atoms with Gasteiger partial charge in [0.15, 0.2) is 0 Å². The van der Waals surface area contributed by atoms with E-state index in [1.807, 2.05) is 6.07 Å². The van der Waals surface area contributed by atoms with Crippen LogP contribution in [0.1, 0.15) is 86.6 Å². The Balaban J connectivity index is 1.16. The van der Waals surface area contributed by atoms with E-state index in [2.05, 4.69) is 15.5 Å². The third-order valence-electron chi connectivity index (χ3n) is 10.1. The monoisotopic (exact) mass is 596 g/mol. The summed E-state index contributed by atoms with van der Waals surface area (Å²) >= 11 is 0. The van der Waals surface area contributed by atoms with Gasteiger partial charge in [0.25, 0.3) is 11.8 Å². The summed E-state index contributed by atoms with van der Waals surface area (Å²) in [5.41, 5.74) is 0.522. The number of halogens is 5. The van der Waals surface area contributed by atoms with Gasteiger partial charge in [-0.15, -0.1) is 0 Å². The van der Waals surface area contributed by atoms with E-state index in [4.69, 9.17) is 0 Å². The Morgan fingerprint density at radius 1 is 1.05 bits per heavy atom. The van der Waals surface area contributed by atoms with Crippen LogP contribution in [0.15, 0.2) is 18.2 Å². The molecule has 2 atom stereocenters. The zero-order valence-corrected chi connectivity index (χ0v) is 23.4. The van der Waals surface area contributed by atoms with Gasteiger partial charge in [0.1, 0.15) is 6.04 Å². The Morgan fingerprint density at radius 2 is 1.76 bits per heavy atom. The van der Waals surface area contributed by atoms with Gasteiger partial charge < -0.3 is 15.1 Å². The van der Waals surface area contributed by atoms with Gasteiger partial charge in [-0.2, -0.15) is 13.2 Å². The highest BCUT2D eigenvalue weighted by atomic mass is 19.4. The van der Waals surface area contributed by atoms with Crippen LogP contribution in [0.25, 0.3) is 0 Å². The van der Waals surface area contributed by atoms with Crippen molar-refractivity contribution in [1.82, 2.24) is 15.5 Å². The maximum atomic E-state index is 13.6. The first-order chi connectivity index (χ1) is 19.9. The number of amides is 3. The quantitative estimate of drug-likeness (QED) is 0.296. The normalized spacial score (nSPS) is 29.7. The molecular formula is C30H37F5N4O3. The molecular weight excluding hydrogens is 559 g/mol. The average molecular weight is 597 g/mol. The molecule has 0 aromatic heterocycles. The van der Waals surface area contributed by atoms with Crippen LogP contribution < -0.4 is 15.5 Å². The molecule has 3 saturated carbocycles. The number of nitrogens with zero attached hydrogens (tertiary/aromatic N) is 2. The van der Waals surface area contributed by atoms with Crippen molar-refractivity contribution in [2.45, 2.75) is 107 Å². The van der Waals surface area contributed by atoms with Crippen molar-refractivity contribution < 1.29 is 36.3 Å². The van der Waals surface area contributed by atoms with E-state index < -0.39 is 35.4 Å². The van der Waals surface area contributed by atoms with Crippen LogP contribution in [0.4, 0.5) is 27.6 Å². The molecule has 0 radical (unpaired) electrons. The number of piperidine rings is 1. The lowest BCUT2D eigenvalue weighted by Crippen LogP contribution is -2.52. The summed E-state index contributed by atoms with van der Waals surface area (Å²) in [6, 6.07) is 4.74. The Labute approximate surface area is 241 Å². The van der Waals surface area contributed by atoms with Gasteiger partial charge in [-0.1, -0.05) is 6.07 Å². The van der Waals surface area contributed by atoms with Gasteiger partial charge in [0.05, 0.1) is 5.41 Å². The smallest absolute Gasteiger partial charge is 0.368 e. The number of benzene rings is 1. The van der Waals surface area contributed by atoms with Gasteiger partial charge in [-0.3, -0.25) is 19.7 Å². The van der Waals surface area contributed by atoms with E-state index in [0.717, 1.165) is 24.1 Å². The molecule has 2 N–H and O–H groups in total. The van der Waals surface area contributed by atoms with Crippen molar-refractivity contribution in [2.24, 2.45) is 11.3 Å². The van der Waals surface area contributed by atoms with Gasteiger partial charge in [-0.25, -0.2) is 8.78 Å². The SMILES string of the molecule is O=C1CCC(N2Cc3c(cccc3N(CCCC3CC3(F)F)C3CCC(NCC4(C(F)(F)F)CC4)CC3)C2=O)C(=O)N1. The summed E-state index contributed by atoms with van der Waals surface area (Å²) in [5, 5.41) is 5.49. The van der Waals surface area contributed by atoms with Crippen LogP contribution in [-0.4, -0.2) is 65.9 Å². The third-order valence-corrected chi connectivity index (χ3v) is 10.1. The number of alkyl halides is 5. The summed E-state index contributed by atoms with van der Waals surface area (Å²) in [4.78, 5) is 41.3. The maximum absolute atomic E-state index is 13.6. The molecule has 42 heavy (non-hydrogen) atoms. The van der Waals surface area contributed by atoms with E-state index in [-0.39, 0.29) is 69.1 Å². The molecule has 2 heterocycles. The minimum absolute atomic E-state index is 0.0147. The second kappa shape index (κ2) is 10.7. The molecule has 0 spiro atoms. The van der Waals surface area contributed by atoms with Gasteiger partial charge >= 0.3 is 6.18 Å². The van der Waals surface area contributed by atoms with E-state index in [0.29, 0.717) is 37.8 Å². The molecule has 3 amide bonds. The molecule has 5 aliphatic rings. The highest BCUT2D eigenvalue weighted by Crippen LogP contribution is 2.57. The Bertz CT molecular complexity index is 1240. The zero-order chi connectivity index (χ0) is 29.9. The van der Waals surface area contributed by atoms with Gasteiger partial charge in [0, 0.05) is 67.3 Å². The Hall–Kier alpha value is -2.76. The van der Waals surface area contributed by atoms with E-state index in [9.17, 15) is 36.3 Å². The predicted molar refractivity (Wildman–Crippen MR) is 144 cm³/mol. The maximum Gasteiger partial charge on any atom is 0.395 e. The number of hydrogen-bond donors (Lipinski definition) is 2. The average Bonchev–Trinajstić information content (AvgIpc) is 3.82. The fourth-order valence-corrected chi connectivity index (χ4v) is 7.07. The van der Waals surface area contributed by atoms with E-state index >= 15 is 0 Å².